The molecule has 0 saturated heterocycles. The molecule has 1 aliphatic carbocycles. The van der Waals surface area contributed by atoms with Crippen LogP contribution in [0.5, 0.6) is 0 Å². The standard InChI is InChI=1S/C19H19N3O5S/c1-12-9-15(21-17(24)13-5-4-8-26-13)28-16(12)18(25)27-10-14(23)22-19(11-20)6-2-3-7-19/h4-5,8-9H,2-3,6-7,10H2,1H3,(H,21,24)(H,22,23). The molecule has 3 rings (SSSR count). The number of esters is 1. The van der Waals surface area contributed by atoms with Crippen molar-refractivity contribution >= 4 is 34.1 Å². The topological polar surface area (TPSA) is 121 Å². The second-order valence-corrected chi connectivity index (χ2v) is 7.63. The Hall–Kier alpha value is -3.12. The zero-order valence-electron chi connectivity index (χ0n) is 15.2. The van der Waals surface area contributed by atoms with Crippen molar-refractivity contribution in [3.8, 4) is 6.07 Å². The van der Waals surface area contributed by atoms with Gasteiger partial charge in [-0.05, 0) is 56.4 Å². The highest BCUT2D eigenvalue weighted by molar-refractivity contribution is 7.18. The highest BCUT2D eigenvalue weighted by Crippen LogP contribution is 2.29. The van der Waals surface area contributed by atoms with Crippen LogP contribution in [-0.4, -0.2) is 29.9 Å². The molecule has 9 heteroatoms. The van der Waals surface area contributed by atoms with E-state index in [1.165, 1.54) is 12.3 Å². The van der Waals surface area contributed by atoms with Crippen molar-refractivity contribution in [2.24, 2.45) is 0 Å². The highest BCUT2D eigenvalue weighted by Gasteiger charge is 2.35. The molecule has 8 nitrogen and oxygen atoms in total. The summed E-state index contributed by atoms with van der Waals surface area (Å²) >= 11 is 1.05. The number of hydrogen-bond donors (Lipinski definition) is 2. The van der Waals surface area contributed by atoms with Crippen LogP contribution in [0.2, 0.25) is 0 Å². The number of amides is 2. The maximum Gasteiger partial charge on any atom is 0.349 e. The number of ether oxygens (including phenoxy) is 1. The third kappa shape index (κ3) is 4.40. The summed E-state index contributed by atoms with van der Waals surface area (Å²) in [5, 5.41) is 15.1. The minimum atomic E-state index is -0.856. The van der Waals surface area contributed by atoms with Crippen molar-refractivity contribution < 1.29 is 23.5 Å². The van der Waals surface area contributed by atoms with Crippen molar-refractivity contribution in [1.29, 1.82) is 5.26 Å². The van der Waals surface area contributed by atoms with Gasteiger partial charge in [0.15, 0.2) is 12.4 Å². The number of furan rings is 1. The number of nitrogens with zero attached hydrogens (tertiary/aromatic N) is 1. The lowest BCUT2D eigenvalue weighted by atomic mass is 10.00. The van der Waals surface area contributed by atoms with Crippen LogP contribution in [0.4, 0.5) is 5.00 Å². The Morgan fingerprint density at radius 2 is 2.11 bits per heavy atom. The predicted octanol–water partition coefficient (Wildman–Crippen LogP) is 3.01. The third-order valence-electron chi connectivity index (χ3n) is 4.47. The van der Waals surface area contributed by atoms with Crippen LogP contribution in [0, 0.1) is 18.3 Å². The molecule has 1 fully saturated rings. The molecule has 146 valence electrons. The zero-order valence-corrected chi connectivity index (χ0v) is 16.1. The molecular formula is C19H19N3O5S. The minimum Gasteiger partial charge on any atom is -0.459 e. The largest absolute Gasteiger partial charge is 0.459 e. The van der Waals surface area contributed by atoms with Gasteiger partial charge in [-0.2, -0.15) is 5.26 Å². The Balaban J connectivity index is 1.56. The van der Waals surface area contributed by atoms with Gasteiger partial charge in [0.25, 0.3) is 11.8 Å². The third-order valence-corrected chi connectivity index (χ3v) is 5.60. The molecular weight excluding hydrogens is 382 g/mol. The summed E-state index contributed by atoms with van der Waals surface area (Å²) in [5.74, 6) is -1.43. The van der Waals surface area contributed by atoms with E-state index in [1.54, 1.807) is 19.1 Å². The van der Waals surface area contributed by atoms with E-state index in [2.05, 4.69) is 16.7 Å². The van der Waals surface area contributed by atoms with Gasteiger partial charge in [0.2, 0.25) is 0 Å². The van der Waals surface area contributed by atoms with Gasteiger partial charge >= 0.3 is 5.97 Å². The monoisotopic (exact) mass is 401 g/mol. The van der Waals surface area contributed by atoms with Gasteiger partial charge in [0, 0.05) is 0 Å². The molecule has 2 N–H and O–H groups in total. The number of anilines is 1. The fourth-order valence-corrected chi connectivity index (χ4v) is 4.03. The fourth-order valence-electron chi connectivity index (χ4n) is 3.07. The van der Waals surface area contributed by atoms with E-state index in [9.17, 15) is 19.6 Å². The summed E-state index contributed by atoms with van der Waals surface area (Å²) < 4.78 is 10.1. The number of nitrogens with one attached hydrogen (secondary N) is 2. The van der Waals surface area contributed by atoms with E-state index in [0.717, 1.165) is 24.2 Å². The molecule has 28 heavy (non-hydrogen) atoms. The first-order valence-corrected chi connectivity index (χ1v) is 9.59. The van der Waals surface area contributed by atoms with Gasteiger partial charge in [0.1, 0.15) is 10.4 Å². The average molecular weight is 401 g/mol. The van der Waals surface area contributed by atoms with Crippen LogP contribution in [0.15, 0.2) is 28.9 Å². The molecule has 2 amide bonds. The van der Waals surface area contributed by atoms with Crippen LogP contribution < -0.4 is 10.6 Å². The molecule has 0 aromatic carbocycles. The van der Waals surface area contributed by atoms with Crippen molar-refractivity contribution in [3.05, 3.63) is 40.7 Å². The molecule has 0 radical (unpaired) electrons. The molecule has 0 bridgehead atoms. The van der Waals surface area contributed by atoms with E-state index in [-0.39, 0.29) is 5.76 Å². The first-order chi connectivity index (χ1) is 13.4. The van der Waals surface area contributed by atoms with Crippen LogP contribution in [-0.2, 0) is 9.53 Å². The lowest BCUT2D eigenvalue weighted by molar-refractivity contribution is -0.125. The number of rotatable bonds is 6. The minimum absolute atomic E-state index is 0.158. The van der Waals surface area contributed by atoms with Crippen LogP contribution in [0.25, 0.3) is 0 Å². The summed E-state index contributed by atoms with van der Waals surface area (Å²) in [6.07, 6.45) is 4.37. The Bertz CT molecular complexity index is 920. The van der Waals surface area contributed by atoms with Gasteiger partial charge in [-0.3, -0.25) is 9.59 Å². The normalized spacial score (nSPS) is 14.9. The predicted molar refractivity (Wildman–Crippen MR) is 101 cm³/mol. The average Bonchev–Trinajstić information content (AvgIpc) is 3.41. The van der Waals surface area contributed by atoms with Crippen molar-refractivity contribution in [1.82, 2.24) is 5.32 Å². The summed E-state index contributed by atoms with van der Waals surface area (Å²) in [6, 6.07) is 6.93. The van der Waals surface area contributed by atoms with Gasteiger partial charge in [-0.25, -0.2) is 4.79 Å². The van der Waals surface area contributed by atoms with E-state index in [1.807, 2.05) is 0 Å². The number of carbonyl (C=O) groups excluding carboxylic acids is 3. The number of aryl methyl sites for hydroxylation is 1. The Labute approximate surface area is 165 Å². The maximum absolute atomic E-state index is 12.3. The fraction of sp³-hybridized carbons (Fsp3) is 0.368. The second kappa shape index (κ2) is 8.27. The summed E-state index contributed by atoms with van der Waals surface area (Å²) in [7, 11) is 0. The van der Waals surface area contributed by atoms with E-state index < -0.39 is 29.9 Å². The van der Waals surface area contributed by atoms with Crippen molar-refractivity contribution in [2.45, 2.75) is 38.1 Å². The highest BCUT2D eigenvalue weighted by atomic mass is 32.1. The lowest BCUT2D eigenvalue weighted by Crippen LogP contribution is -2.46. The molecule has 0 atom stereocenters. The first-order valence-electron chi connectivity index (χ1n) is 8.77. The summed E-state index contributed by atoms with van der Waals surface area (Å²) in [6.45, 7) is 1.24. The second-order valence-electron chi connectivity index (χ2n) is 6.58. The smallest absolute Gasteiger partial charge is 0.349 e. The Morgan fingerprint density at radius 3 is 2.75 bits per heavy atom. The number of thiophene rings is 1. The SMILES string of the molecule is Cc1cc(NC(=O)c2ccco2)sc1C(=O)OCC(=O)NC1(C#N)CCCC1. The lowest BCUT2D eigenvalue weighted by Gasteiger charge is -2.21. The van der Waals surface area contributed by atoms with Crippen LogP contribution >= 0.6 is 11.3 Å². The van der Waals surface area contributed by atoms with Gasteiger partial charge in [0.05, 0.1) is 17.3 Å². The van der Waals surface area contributed by atoms with Crippen molar-refractivity contribution in [3.63, 3.8) is 0 Å². The summed E-state index contributed by atoms with van der Waals surface area (Å²) in [5.41, 5.74) is -0.236. The zero-order chi connectivity index (χ0) is 20.1. The molecule has 0 unspecified atom stereocenters. The van der Waals surface area contributed by atoms with Crippen molar-refractivity contribution in [2.75, 3.05) is 11.9 Å². The van der Waals surface area contributed by atoms with Crippen LogP contribution in [0.1, 0.15) is 51.5 Å². The molecule has 2 aromatic heterocycles. The van der Waals surface area contributed by atoms with Gasteiger partial charge in [-0.1, -0.05) is 0 Å². The molecule has 2 aromatic rings. The first kappa shape index (κ1) is 19.6. The number of nitriles is 1. The maximum atomic E-state index is 12.3. The molecule has 0 spiro atoms. The molecule has 2 heterocycles. The number of hydrogen-bond acceptors (Lipinski definition) is 7. The van der Waals surface area contributed by atoms with E-state index in [4.69, 9.17) is 9.15 Å². The Morgan fingerprint density at radius 1 is 1.36 bits per heavy atom. The Kier molecular flexibility index (Phi) is 5.80. The van der Waals surface area contributed by atoms with Crippen LogP contribution in [0.3, 0.4) is 0 Å². The van der Waals surface area contributed by atoms with Gasteiger partial charge in [-0.15, -0.1) is 11.3 Å². The quantitative estimate of drug-likeness (QED) is 0.718. The summed E-state index contributed by atoms with van der Waals surface area (Å²) in [4.78, 5) is 36.7. The molecule has 0 aliphatic heterocycles. The van der Waals surface area contributed by atoms with E-state index in [0.29, 0.717) is 28.3 Å². The molecule has 1 aliphatic rings. The van der Waals surface area contributed by atoms with E-state index >= 15 is 0 Å². The molecule has 1 saturated carbocycles. The van der Waals surface area contributed by atoms with Gasteiger partial charge < -0.3 is 19.8 Å². The number of carbonyl (C=O) groups is 3.